The molecule has 0 radical (unpaired) electrons. The van der Waals surface area contributed by atoms with Gasteiger partial charge in [-0.3, -0.25) is 5.84 Å². The Morgan fingerprint density at radius 3 is 2.82 bits per heavy atom. The highest BCUT2D eigenvalue weighted by atomic mass is 15.2. The maximum atomic E-state index is 8.62. The number of nitrogens with zero attached hydrogens (tertiary/aromatic N) is 1. The third kappa shape index (κ3) is 1.48. The van der Waals surface area contributed by atoms with E-state index in [2.05, 4.69) is 11.5 Å². The summed E-state index contributed by atoms with van der Waals surface area (Å²) in [5.41, 5.74) is 4.85. The molecule has 11 heavy (non-hydrogen) atoms. The van der Waals surface area contributed by atoms with Gasteiger partial charge in [-0.1, -0.05) is 6.07 Å². The molecule has 0 fully saturated rings. The van der Waals surface area contributed by atoms with Gasteiger partial charge in [-0.15, -0.1) is 0 Å². The molecule has 3 nitrogen and oxygen atoms in total. The molecule has 0 bridgehead atoms. The van der Waals surface area contributed by atoms with E-state index < -0.39 is 0 Å². The van der Waals surface area contributed by atoms with Crippen molar-refractivity contribution in [3.8, 4) is 6.07 Å². The third-order valence-corrected chi connectivity index (χ3v) is 1.52. The van der Waals surface area contributed by atoms with Crippen LogP contribution in [0.1, 0.15) is 11.1 Å². The molecule has 3 heteroatoms. The largest absolute Gasteiger partial charge is 0.324 e. The molecule has 0 heterocycles. The summed E-state index contributed by atoms with van der Waals surface area (Å²) in [7, 11) is 0. The minimum absolute atomic E-state index is 0.653. The average molecular weight is 147 g/mol. The summed E-state index contributed by atoms with van der Waals surface area (Å²) in [4.78, 5) is 0. The van der Waals surface area contributed by atoms with Gasteiger partial charge in [-0.05, 0) is 24.6 Å². The molecule has 0 aromatic heterocycles. The van der Waals surface area contributed by atoms with E-state index in [1.807, 2.05) is 19.1 Å². The van der Waals surface area contributed by atoms with Crippen LogP contribution in [-0.4, -0.2) is 0 Å². The molecule has 0 aliphatic heterocycles. The fraction of sp³-hybridized carbons (Fsp3) is 0.125. The number of nitrogen functional groups attached to an aromatic ring is 1. The fourth-order valence-corrected chi connectivity index (χ4v) is 0.832. The molecule has 56 valence electrons. The summed E-state index contributed by atoms with van der Waals surface area (Å²) in [5, 5.41) is 8.62. The Hall–Kier alpha value is -1.53. The smallest absolute Gasteiger partial charge is 0.0995 e. The molecule has 1 aromatic rings. The summed E-state index contributed by atoms with van der Waals surface area (Å²) < 4.78 is 0. The molecule has 0 atom stereocenters. The van der Waals surface area contributed by atoms with E-state index in [9.17, 15) is 0 Å². The van der Waals surface area contributed by atoms with Crippen LogP contribution in [-0.2, 0) is 0 Å². The highest BCUT2D eigenvalue weighted by Crippen LogP contribution is 2.12. The Kier molecular flexibility index (Phi) is 2.09. The van der Waals surface area contributed by atoms with E-state index in [1.165, 1.54) is 0 Å². The van der Waals surface area contributed by atoms with Crippen molar-refractivity contribution < 1.29 is 0 Å². The number of aryl methyl sites for hydroxylation is 1. The first-order valence-electron chi connectivity index (χ1n) is 3.25. The topological polar surface area (TPSA) is 61.8 Å². The summed E-state index contributed by atoms with van der Waals surface area (Å²) in [6.45, 7) is 1.89. The Morgan fingerprint density at radius 2 is 2.27 bits per heavy atom. The van der Waals surface area contributed by atoms with Gasteiger partial charge in [0.15, 0.2) is 0 Å². The van der Waals surface area contributed by atoms with Crippen molar-refractivity contribution in [3.05, 3.63) is 29.3 Å². The number of nitriles is 1. The van der Waals surface area contributed by atoms with Gasteiger partial charge in [0.2, 0.25) is 0 Å². The number of nitrogens with two attached hydrogens (primary N) is 1. The van der Waals surface area contributed by atoms with Crippen molar-refractivity contribution >= 4 is 5.69 Å². The second kappa shape index (κ2) is 3.04. The van der Waals surface area contributed by atoms with E-state index in [1.54, 1.807) is 6.07 Å². The van der Waals surface area contributed by atoms with E-state index in [4.69, 9.17) is 11.1 Å². The Morgan fingerprint density at radius 1 is 1.55 bits per heavy atom. The molecule has 0 amide bonds. The quantitative estimate of drug-likeness (QED) is 0.462. The van der Waals surface area contributed by atoms with Crippen LogP contribution in [0.5, 0.6) is 0 Å². The highest BCUT2D eigenvalue weighted by molar-refractivity contribution is 5.51. The van der Waals surface area contributed by atoms with Crippen LogP contribution >= 0.6 is 0 Å². The van der Waals surface area contributed by atoms with Crippen molar-refractivity contribution in [2.24, 2.45) is 5.84 Å². The molecule has 0 saturated heterocycles. The Bertz CT molecular complexity index is 299. The molecule has 3 N–H and O–H groups in total. The van der Waals surface area contributed by atoms with Crippen molar-refractivity contribution in [2.75, 3.05) is 5.43 Å². The standard InChI is InChI=1S/C8H9N3/c1-6-2-3-8(11-10)4-7(6)5-9/h2-4,11H,10H2,1H3. The number of anilines is 1. The number of rotatable bonds is 1. The van der Waals surface area contributed by atoms with Crippen molar-refractivity contribution in [1.29, 1.82) is 5.26 Å². The molecule has 1 aromatic carbocycles. The summed E-state index contributed by atoms with van der Waals surface area (Å²) in [5.74, 6) is 5.16. The highest BCUT2D eigenvalue weighted by Gasteiger charge is 1.96. The van der Waals surface area contributed by atoms with Crippen LogP contribution in [0.25, 0.3) is 0 Å². The number of nitrogens with one attached hydrogen (secondary N) is 1. The first-order chi connectivity index (χ1) is 5.27. The lowest BCUT2D eigenvalue weighted by molar-refractivity contribution is 1.32. The normalized spacial score (nSPS) is 8.82. The lowest BCUT2D eigenvalue weighted by atomic mass is 10.1. The fourth-order valence-electron chi connectivity index (χ4n) is 0.832. The van der Waals surface area contributed by atoms with Gasteiger partial charge in [0.1, 0.15) is 0 Å². The van der Waals surface area contributed by atoms with Crippen LogP contribution in [0.3, 0.4) is 0 Å². The van der Waals surface area contributed by atoms with Crippen LogP contribution < -0.4 is 11.3 Å². The van der Waals surface area contributed by atoms with Crippen LogP contribution in [0, 0.1) is 18.3 Å². The summed E-state index contributed by atoms with van der Waals surface area (Å²) in [6, 6.07) is 7.48. The zero-order chi connectivity index (χ0) is 8.27. The van der Waals surface area contributed by atoms with Crippen LogP contribution in [0.4, 0.5) is 5.69 Å². The minimum Gasteiger partial charge on any atom is -0.324 e. The van der Waals surface area contributed by atoms with Gasteiger partial charge in [0, 0.05) is 5.69 Å². The van der Waals surface area contributed by atoms with Crippen molar-refractivity contribution in [2.45, 2.75) is 6.92 Å². The molecule has 1 rings (SSSR count). The molecule has 0 saturated carbocycles. The van der Waals surface area contributed by atoms with E-state index >= 15 is 0 Å². The average Bonchev–Trinajstić information content (AvgIpc) is 2.05. The second-order valence-corrected chi connectivity index (χ2v) is 2.29. The van der Waals surface area contributed by atoms with Gasteiger partial charge < -0.3 is 5.43 Å². The SMILES string of the molecule is Cc1ccc(NN)cc1C#N. The first-order valence-corrected chi connectivity index (χ1v) is 3.25. The van der Waals surface area contributed by atoms with E-state index in [0.717, 1.165) is 11.3 Å². The second-order valence-electron chi connectivity index (χ2n) is 2.29. The maximum absolute atomic E-state index is 8.62. The minimum atomic E-state index is 0.653. The van der Waals surface area contributed by atoms with Gasteiger partial charge in [0.05, 0.1) is 11.6 Å². The number of hydrogen-bond donors (Lipinski definition) is 2. The van der Waals surface area contributed by atoms with Gasteiger partial charge >= 0.3 is 0 Å². The summed E-state index contributed by atoms with van der Waals surface area (Å²) >= 11 is 0. The molecule has 0 aliphatic carbocycles. The summed E-state index contributed by atoms with van der Waals surface area (Å²) in [6.07, 6.45) is 0. The van der Waals surface area contributed by atoms with Gasteiger partial charge in [0.25, 0.3) is 0 Å². The molecular weight excluding hydrogens is 138 g/mol. The monoisotopic (exact) mass is 147 g/mol. The zero-order valence-electron chi connectivity index (χ0n) is 6.26. The predicted octanol–water partition coefficient (Wildman–Crippen LogP) is 1.15. The first kappa shape index (κ1) is 7.58. The molecule has 0 aliphatic rings. The Labute approximate surface area is 65.4 Å². The Balaban J connectivity index is 3.15. The number of benzene rings is 1. The van der Waals surface area contributed by atoms with Gasteiger partial charge in [-0.2, -0.15) is 5.26 Å². The van der Waals surface area contributed by atoms with Crippen LogP contribution in [0.15, 0.2) is 18.2 Å². The lowest BCUT2D eigenvalue weighted by Crippen LogP contribution is -2.06. The molecular formula is C8H9N3. The van der Waals surface area contributed by atoms with Crippen molar-refractivity contribution in [1.82, 2.24) is 0 Å². The molecule has 0 spiro atoms. The number of hydrogen-bond acceptors (Lipinski definition) is 3. The lowest BCUT2D eigenvalue weighted by Gasteiger charge is -2.00. The van der Waals surface area contributed by atoms with Crippen molar-refractivity contribution in [3.63, 3.8) is 0 Å². The maximum Gasteiger partial charge on any atom is 0.0995 e. The van der Waals surface area contributed by atoms with Crippen LogP contribution in [0.2, 0.25) is 0 Å². The number of hydrazine groups is 1. The third-order valence-electron chi connectivity index (χ3n) is 1.52. The zero-order valence-corrected chi connectivity index (χ0v) is 6.26. The van der Waals surface area contributed by atoms with E-state index in [0.29, 0.717) is 5.56 Å². The van der Waals surface area contributed by atoms with Gasteiger partial charge in [-0.25, -0.2) is 0 Å². The predicted molar refractivity (Wildman–Crippen MR) is 43.7 cm³/mol. The molecule has 0 unspecified atom stereocenters. The van der Waals surface area contributed by atoms with E-state index in [-0.39, 0.29) is 0 Å².